The Kier molecular flexibility index (Phi) is 6.43. The zero-order valence-electron chi connectivity index (χ0n) is 11.3. The van der Waals surface area contributed by atoms with Gasteiger partial charge in [0.05, 0.1) is 13.0 Å². The first-order valence-electron chi connectivity index (χ1n) is 6.23. The Morgan fingerprint density at radius 1 is 1.32 bits per heavy atom. The van der Waals surface area contributed by atoms with E-state index in [1.54, 1.807) is 13.0 Å². The van der Waals surface area contributed by atoms with Gasteiger partial charge in [-0.1, -0.05) is 12.1 Å². The van der Waals surface area contributed by atoms with Gasteiger partial charge in [-0.15, -0.1) is 0 Å². The van der Waals surface area contributed by atoms with Gasteiger partial charge < -0.3 is 14.8 Å². The molecule has 0 radical (unpaired) electrons. The summed E-state index contributed by atoms with van der Waals surface area (Å²) in [5.74, 6) is 0.0775. The van der Waals surface area contributed by atoms with Crippen LogP contribution in [0.4, 0.5) is 0 Å². The molecule has 0 aliphatic carbocycles. The van der Waals surface area contributed by atoms with Crippen molar-refractivity contribution in [2.45, 2.75) is 20.3 Å². The third-order valence-electron chi connectivity index (χ3n) is 2.32. The lowest BCUT2D eigenvalue weighted by Crippen LogP contribution is -2.31. The minimum atomic E-state index is -0.317. The molecule has 1 N–H and O–H groups in total. The van der Waals surface area contributed by atoms with E-state index in [1.165, 1.54) is 0 Å². The molecule has 0 saturated heterocycles. The Balaban J connectivity index is 2.19. The van der Waals surface area contributed by atoms with Crippen LogP contribution in [-0.4, -0.2) is 31.6 Å². The number of aryl methyl sites for hydroxylation is 1. The lowest BCUT2D eigenvalue weighted by Gasteiger charge is -2.07. The molecule has 0 bridgehead atoms. The van der Waals surface area contributed by atoms with Crippen molar-refractivity contribution in [2.75, 3.05) is 19.8 Å². The second-order valence-electron chi connectivity index (χ2n) is 4.01. The topological polar surface area (TPSA) is 64.6 Å². The SMILES string of the molecule is CCOC(=O)CCNC(=O)COc1cccc(C)c1. The van der Waals surface area contributed by atoms with Gasteiger partial charge in [-0.05, 0) is 31.5 Å². The Bertz CT molecular complexity index is 431. The Labute approximate surface area is 112 Å². The van der Waals surface area contributed by atoms with E-state index >= 15 is 0 Å². The number of hydrogen-bond donors (Lipinski definition) is 1. The van der Waals surface area contributed by atoms with Crippen LogP contribution in [0.2, 0.25) is 0 Å². The van der Waals surface area contributed by atoms with Crippen LogP contribution < -0.4 is 10.1 Å². The fourth-order valence-electron chi connectivity index (χ4n) is 1.44. The lowest BCUT2D eigenvalue weighted by molar-refractivity contribution is -0.143. The van der Waals surface area contributed by atoms with Crippen LogP contribution in [0.3, 0.4) is 0 Å². The standard InChI is InChI=1S/C14H19NO4/c1-3-18-14(17)7-8-15-13(16)10-19-12-6-4-5-11(2)9-12/h4-6,9H,3,7-8,10H2,1-2H3,(H,15,16). The fraction of sp³-hybridized carbons (Fsp3) is 0.429. The average Bonchev–Trinajstić information content (AvgIpc) is 2.37. The third-order valence-corrected chi connectivity index (χ3v) is 2.32. The van der Waals surface area contributed by atoms with E-state index in [1.807, 2.05) is 25.1 Å². The molecule has 1 amide bonds. The van der Waals surface area contributed by atoms with E-state index in [0.717, 1.165) is 5.56 Å². The van der Waals surface area contributed by atoms with E-state index in [4.69, 9.17) is 9.47 Å². The molecule has 0 atom stereocenters. The summed E-state index contributed by atoms with van der Waals surface area (Å²) in [5.41, 5.74) is 1.07. The average molecular weight is 265 g/mol. The summed E-state index contributed by atoms with van der Waals surface area (Å²) in [6.45, 7) is 4.24. The van der Waals surface area contributed by atoms with Crippen molar-refractivity contribution in [3.63, 3.8) is 0 Å². The maximum atomic E-state index is 11.5. The number of nitrogens with one attached hydrogen (secondary N) is 1. The van der Waals surface area contributed by atoms with E-state index in [2.05, 4.69) is 5.32 Å². The zero-order chi connectivity index (χ0) is 14.1. The smallest absolute Gasteiger partial charge is 0.307 e. The van der Waals surface area contributed by atoms with Gasteiger partial charge in [0, 0.05) is 6.54 Å². The van der Waals surface area contributed by atoms with Gasteiger partial charge in [-0.2, -0.15) is 0 Å². The predicted molar refractivity (Wildman–Crippen MR) is 70.9 cm³/mol. The molecule has 5 nitrogen and oxygen atoms in total. The maximum Gasteiger partial charge on any atom is 0.307 e. The molecule has 0 unspecified atom stereocenters. The third kappa shape index (κ3) is 6.45. The van der Waals surface area contributed by atoms with Gasteiger partial charge >= 0.3 is 5.97 Å². The van der Waals surface area contributed by atoms with Crippen LogP contribution in [0.1, 0.15) is 18.9 Å². The van der Waals surface area contributed by atoms with Gasteiger partial charge in [0.15, 0.2) is 6.61 Å². The molecule has 0 spiro atoms. The summed E-state index contributed by atoms with van der Waals surface area (Å²) in [4.78, 5) is 22.5. The molecule has 0 fully saturated rings. The summed E-state index contributed by atoms with van der Waals surface area (Å²) < 4.78 is 10.1. The summed E-state index contributed by atoms with van der Waals surface area (Å²) in [7, 11) is 0. The largest absolute Gasteiger partial charge is 0.484 e. The highest BCUT2D eigenvalue weighted by atomic mass is 16.5. The van der Waals surface area contributed by atoms with Crippen LogP contribution in [0, 0.1) is 6.92 Å². The normalized spacial score (nSPS) is 9.79. The molecule has 0 aliphatic heterocycles. The van der Waals surface area contributed by atoms with Crippen molar-refractivity contribution in [2.24, 2.45) is 0 Å². The number of carbonyl (C=O) groups excluding carboxylic acids is 2. The molecule has 0 saturated carbocycles. The lowest BCUT2D eigenvalue weighted by atomic mass is 10.2. The van der Waals surface area contributed by atoms with E-state index in [-0.39, 0.29) is 31.4 Å². The van der Waals surface area contributed by atoms with Crippen LogP contribution in [-0.2, 0) is 14.3 Å². The molecule has 5 heteroatoms. The molecular formula is C14H19NO4. The molecule has 0 aromatic heterocycles. The van der Waals surface area contributed by atoms with Crippen LogP contribution in [0.25, 0.3) is 0 Å². The van der Waals surface area contributed by atoms with E-state index in [9.17, 15) is 9.59 Å². The van der Waals surface area contributed by atoms with E-state index in [0.29, 0.717) is 12.4 Å². The summed E-state index contributed by atoms with van der Waals surface area (Å²) in [5, 5.41) is 2.59. The van der Waals surface area contributed by atoms with Crippen molar-refractivity contribution in [3.05, 3.63) is 29.8 Å². The summed E-state index contributed by atoms with van der Waals surface area (Å²) >= 11 is 0. The summed E-state index contributed by atoms with van der Waals surface area (Å²) in [6, 6.07) is 7.46. The molecule has 1 aromatic carbocycles. The van der Waals surface area contributed by atoms with E-state index < -0.39 is 0 Å². The highest BCUT2D eigenvalue weighted by Gasteiger charge is 2.05. The molecule has 0 aliphatic rings. The molecule has 104 valence electrons. The highest BCUT2D eigenvalue weighted by Crippen LogP contribution is 2.11. The zero-order valence-corrected chi connectivity index (χ0v) is 11.3. The molecule has 1 rings (SSSR count). The van der Waals surface area contributed by atoms with Crippen LogP contribution in [0.15, 0.2) is 24.3 Å². The predicted octanol–water partition coefficient (Wildman–Crippen LogP) is 1.44. The Hall–Kier alpha value is -2.04. The summed E-state index contributed by atoms with van der Waals surface area (Å²) in [6.07, 6.45) is 0.171. The second kappa shape index (κ2) is 8.13. The Morgan fingerprint density at radius 2 is 2.11 bits per heavy atom. The number of amides is 1. The van der Waals surface area contributed by atoms with Gasteiger partial charge in [-0.3, -0.25) is 9.59 Å². The quantitative estimate of drug-likeness (QED) is 0.758. The van der Waals surface area contributed by atoms with Crippen LogP contribution in [0.5, 0.6) is 5.75 Å². The molecular weight excluding hydrogens is 246 g/mol. The molecule has 19 heavy (non-hydrogen) atoms. The van der Waals surface area contributed by atoms with Gasteiger partial charge in [-0.25, -0.2) is 0 Å². The Morgan fingerprint density at radius 3 is 2.79 bits per heavy atom. The van der Waals surface area contributed by atoms with Gasteiger partial charge in [0.25, 0.3) is 5.91 Å². The number of esters is 1. The van der Waals surface area contributed by atoms with Gasteiger partial charge in [0.2, 0.25) is 0 Å². The first-order valence-corrected chi connectivity index (χ1v) is 6.23. The molecule has 1 aromatic rings. The van der Waals surface area contributed by atoms with Crippen molar-refractivity contribution in [1.29, 1.82) is 0 Å². The van der Waals surface area contributed by atoms with Crippen LogP contribution >= 0.6 is 0 Å². The monoisotopic (exact) mass is 265 g/mol. The molecule has 0 heterocycles. The number of hydrogen-bond acceptors (Lipinski definition) is 4. The fourth-order valence-corrected chi connectivity index (χ4v) is 1.44. The number of carbonyl (C=O) groups is 2. The number of ether oxygens (including phenoxy) is 2. The maximum absolute atomic E-state index is 11.5. The highest BCUT2D eigenvalue weighted by molar-refractivity contribution is 5.78. The first kappa shape index (κ1) is 15.0. The second-order valence-corrected chi connectivity index (χ2v) is 4.01. The number of rotatable bonds is 7. The first-order chi connectivity index (χ1) is 9.11. The number of benzene rings is 1. The minimum absolute atomic E-state index is 0.0632. The minimum Gasteiger partial charge on any atom is -0.484 e. The van der Waals surface area contributed by atoms with Crippen molar-refractivity contribution in [3.8, 4) is 5.75 Å². The van der Waals surface area contributed by atoms with Crippen molar-refractivity contribution in [1.82, 2.24) is 5.32 Å². The van der Waals surface area contributed by atoms with Gasteiger partial charge in [0.1, 0.15) is 5.75 Å². The van der Waals surface area contributed by atoms with Crippen molar-refractivity contribution < 1.29 is 19.1 Å². The van der Waals surface area contributed by atoms with Crippen molar-refractivity contribution >= 4 is 11.9 Å².